The van der Waals surface area contributed by atoms with Crippen LogP contribution in [0.25, 0.3) is 0 Å². The minimum absolute atomic E-state index is 0.0384. The van der Waals surface area contributed by atoms with Gasteiger partial charge in [0.25, 0.3) is 0 Å². The lowest BCUT2D eigenvalue weighted by Gasteiger charge is -2.31. The largest absolute Gasteiger partial charge is 0.460 e. The number of allylic oxidation sites excluding steroid dienone is 2. The molecule has 1 aromatic rings. The molecule has 0 radical (unpaired) electrons. The van der Waals surface area contributed by atoms with Crippen molar-refractivity contribution in [3.8, 4) is 6.07 Å². The second-order valence-corrected chi connectivity index (χ2v) is 6.68. The minimum atomic E-state index is -0.777. The van der Waals surface area contributed by atoms with E-state index in [1.54, 1.807) is 52.0 Å². The molecule has 6 nitrogen and oxygen atoms in total. The molecule has 0 fully saturated rings. The summed E-state index contributed by atoms with van der Waals surface area (Å²) >= 11 is 0. The first kappa shape index (κ1) is 21.0. The number of carbonyl (C=O) groups excluding carboxylic acids is 2. The molecule has 1 atom stereocenters. The van der Waals surface area contributed by atoms with Crippen molar-refractivity contribution >= 4 is 11.9 Å². The Hall–Kier alpha value is -3.33. The molecule has 0 bridgehead atoms. The molecule has 2 rings (SSSR count). The molecule has 1 N–H and O–H groups in total. The predicted octanol–water partition coefficient (Wildman–Crippen LogP) is 3.47. The van der Waals surface area contributed by atoms with Crippen molar-refractivity contribution in [1.82, 2.24) is 5.32 Å². The lowest BCUT2D eigenvalue weighted by atomic mass is 9.78. The van der Waals surface area contributed by atoms with Crippen molar-refractivity contribution in [2.45, 2.75) is 39.7 Å². The molecule has 146 valence electrons. The van der Waals surface area contributed by atoms with Crippen LogP contribution in [0.4, 0.5) is 0 Å². The molecule has 28 heavy (non-hydrogen) atoms. The number of hydrogen-bond acceptors (Lipinski definition) is 6. The Morgan fingerprint density at radius 1 is 1.21 bits per heavy atom. The van der Waals surface area contributed by atoms with E-state index in [0.29, 0.717) is 22.5 Å². The van der Waals surface area contributed by atoms with E-state index < -0.39 is 17.9 Å². The second-order valence-electron chi connectivity index (χ2n) is 6.68. The Kier molecular flexibility index (Phi) is 6.78. The van der Waals surface area contributed by atoms with Gasteiger partial charge in [-0.2, -0.15) is 5.26 Å². The number of nitriles is 1. The summed E-state index contributed by atoms with van der Waals surface area (Å²) < 4.78 is 10.7. The molecule has 0 aliphatic carbocycles. The first-order valence-corrected chi connectivity index (χ1v) is 8.98. The first-order chi connectivity index (χ1) is 13.3. The Labute approximate surface area is 165 Å². The van der Waals surface area contributed by atoms with Gasteiger partial charge in [0.2, 0.25) is 0 Å². The third kappa shape index (κ3) is 4.32. The Morgan fingerprint density at radius 3 is 2.39 bits per heavy atom. The summed E-state index contributed by atoms with van der Waals surface area (Å²) in [6.07, 6.45) is 1.14. The van der Waals surface area contributed by atoms with E-state index in [1.807, 2.05) is 0 Å². The highest BCUT2D eigenvalue weighted by atomic mass is 16.5. The minimum Gasteiger partial charge on any atom is -0.460 e. The molecular formula is C22H24N2O4. The lowest BCUT2D eigenvalue weighted by molar-refractivity contribution is -0.143. The fourth-order valence-electron chi connectivity index (χ4n) is 3.19. The number of dihydropyridines is 1. The smallest absolute Gasteiger partial charge is 0.337 e. The highest BCUT2D eigenvalue weighted by Crippen LogP contribution is 2.40. The molecule has 0 saturated heterocycles. The van der Waals surface area contributed by atoms with Gasteiger partial charge in [-0.1, -0.05) is 30.9 Å². The summed E-state index contributed by atoms with van der Waals surface area (Å²) in [5.41, 5.74) is 2.61. The average Bonchev–Trinajstić information content (AvgIpc) is 2.64. The number of esters is 2. The van der Waals surface area contributed by atoms with Gasteiger partial charge in [-0.3, -0.25) is 0 Å². The van der Waals surface area contributed by atoms with E-state index in [1.165, 1.54) is 6.08 Å². The van der Waals surface area contributed by atoms with Crippen molar-refractivity contribution in [3.63, 3.8) is 0 Å². The van der Waals surface area contributed by atoms with Gasteiger partial charge in [0.05, 0.1) is 34.8 Å². The van der Waals surface area contributed by atoms with Gasteiger partial charge in [-0.15, -0.1) is 0 Å². The third-order valence-electron chi connectivity index (χ3n) is 4.27. The lowest BCUT2D eigenvalue weighted by Crippen LogP contribution is -2.33. The predicted molar refractivity (Wildman–Crippen MR) is 105 cm³/mol. The van der Waals surface area contributed by atoms with E-state index in [0.717, 1.165) is 0 Å². The van der Waals surface area contributed by atoms with E-state index in [2.05, 4.69) is 18.0 Å². The van der Waals surface area contributed by atoms with Crippen molar-refractivity contribution in [1.29, 1.82) is 5.26 Å². The van der Waals surface area contributed by atoms with Gasteiger partial charge < -0.3 is 14.8 Å². The molecule has 1 aliphatic rings. The summed E-state index contributed by atoms with van der Waals surface area (Å²) in [4.78, 5) is 25.7. The fourth-order valence-corrected chi connectivity index (χ4v) is 3.19. The van der Waals surface area contributed by atoms with Crippen molar-refractivity contribution < 1.29 is 19.1 Å². The molecule has 0 spiro atoms. The fraction of sp³-hybridized carbons (Fsp3) is 0.318. The highest BCUT2D eigenvalue weighted by Gasteiger charge is 2.39. The van der Waals surface area contributed by atoms with E-state index in [9.17, 15) is 14.9 Å². The summed E-state index contributed by atoms with van der Waals surface area (Å²) in [5.74, 6) is -1.90. The average molecular weight is 380 g/mol. The number of nitrogens with one attached hydrogen (secondary N) is 1. The van der Waals surface area contributed by atoms with Gasteiger partial charge >= 0.3 is 11.9 Å². The Balaban J connectivity index is 2.69. The Bertz CT molecular complexity index is 903. The highest BCUT2D eigenvalue weighted by molar-refractivity contribution is 6.00. The van der Waals surface area contributed by atoms with Crippen LogP contribution in [0, 0.1) is 11.3 Å². The quantitative estimate of drug-likeness (QED) is 0.600. The molecule has 1 heterocycles. The molecule has 0 saturated carbocycles. The van der Waals surface area contributed by atoms with Crippen LogP contribution in [0.5, 0.6) is 0 Å². The van der Waals surface area contributed by atoms with Crippen LogP contribution < -0.4 is 5.32 Å². The summed E-state index contributed by atoms with van der Waals surface area (Å²) in [6.45, 7) is 10.6. The maximum atomic E-state index is 12.9. The second kappa shape index (κ2) is 9.05. The number of benzene rings is 1. The molecule has 1 unspecified atom stereocenters. The van der Waals surface area contributed by atoms with Crippen LogP contribution in [-0.2, 0) is 19.1 Å². The van der Waals surface area contributed by atoms with Crippen LogP contribution >= 0.6 is 0 Å². The topological polar surface area (TPSA) is 88.4 Å². The van der Waals surface area contributed by atoms with Gasteiger partial charge in [-0.25, -0.2) is 9.59 Å². The molecule has 0 aromatic heterocycles. The van der Waals surface area contributed by atoms with E-state index >= 15 is 0 Å². The SMILES string of the molecule is C=CCOC(=O)C1=C(C)NC(C)=C(C(=O)OC(C)C)C1c1ccccc1C#N. The van der Waals surface area contributed by atoms with Crippen LogP contribution in [0.1, 0.15) is 44.7 Å². The zero-order valence-electron chi connectivity index (χ0n) is 16.5. The van der Waals surface area contributed by atoms with Gasteiger partial charge in [0.1, 0.15) is 6.61 Å². The zero-order valence-corrected chi connectivity index (χ0v) is 16.5. The van der Waals surface area contributed by atoms with Crippen LogP contribution in [0.15, 0.2) is 59.5 Å². The van der Waals surface area contributed by atoms with Crippen LogP contribution in [-0.4, -0.2) is 24.6 Å². The summed E-state index contributed by atoms with van der Waals surface area (Å²) in [7, 11) is 0. The van der Waals surface area contributed by atoms with Gasteiger partial charge in [-0.05, 0) is 39.3 Å². The van der Waals surface area contributed by atoms with Crippen LogP contribution in [0.2, 0.25) is 0 Å². The van der Waals surface area contributed by atoms with Crippen molar-refractivity contribution in [2.24, 2.45) is 0 Å². The third-order valence-corrected chi connectivity index (χ3v) is 4.27. The first-order valence-electron chi connectivity index (χ1n) is 8.98. The maximum Gasteiger partial charge on any atom is 0.337 e. The number of ether oxygens (including phenoxy) is 2. The Morgan fingerprint density at radius 2 is 1.82 bits per heavy atom. The van der Waals surface area contributed by atoms with Gasteiger partial charge in [0.15, 0.2) is 0 Å². The summed E-state index contributed by atoms with van der Waals surface area (Å²) in [5, 5.41) is 12.7. The maximum absolute atomic E-state index is 12.9. The zero-order chi connectivity index (χ0) is 20.8. The monoisotopic (exact) mass is 380 g/mol. The number of carbonyl (C=O) groups is 2. The number of nitrogens with zero attached hydrogens (tertiary/aromatic N) is 1. The van der Waals surface area contributed by atoms with Crippen LogP contribution in [0.3, 0.4) is 0 Å². The molecule has 6 heteroatoms. The van der Waals surface area contributed by atoms with Crippen molar-refractivity contribution in [2.75, 3.05) is 6.61 Å². The van der Waals surface area contributed by atoms with Crippen molar-refractivity contribution in [3.05, 3.63) is 70.6 Å². The molecule has 1 aromatic carbocycles. The normalized spacial score (nSPS) is 16.4. The van der Waals surface area contributed by atoms with E-state index in [4.69, 9.17) is 9.47 Å². The number of hydrogen-bond donors (Lipinski definition) is 1. The molecule has 0 amide bonds. The molecular weight excluding hydrogens is 356 g/mol. The summed E-state index contributed by atoms with van der Waals surface area (Å²) in [6, 6.07) is 9.03. The standard InChI is InChI=1S/C22H24N2O4/c1-6-11-27-21(25)18-14(4)24-15(5)19(22(26)28-13(2)3)20(18)17-10-8-7-9-16(17)12-23/h6-10,13,20,24H,1,11H2,2-5H3. The van der Waals surface area contributed by atoms with Gasteiger partial charge in [0, 0.05) is 11.4 Å². The number of rotatable bonds is 6. The van der Waals surface area contributed by atoms with E-state index in [-0.39, 0.29) is 23.9 Å². The molecule has 1 aliphatic heterocycles.